The molecule has 0 saturated carbocycles. The second kappa shape index (κ2) is 9.32. The number of hydrogen-bond acceptors (Lipinski definition) is 0. The van der Waals surface area contributed by atoms with Crippen LogP contribution in [0.25, 0.3) is 77.2 Å². The lowest BCUT2D eigenvalue weighted by molar-refractivity contribution is 1.16. The molecule has 2 heterocycles. The molecule has 0 atom stereocenters. The molecule has 1 aliphatic rings. The Morgan fingerprint density at radius 2 is 0.889 bits per heavy atom. The van der Waals surface area contributed by atoms with Gasteiger partial charge in [-0.25, -0.2) is 0 Å². The zero-order chi connectivity index (χ0) is 29.5. The molecule has 45 heavy (non-hydrogen) atoms. The predicted octanol–water partition coefficient (Wildman–Crippen LogP) is 11.1. The third-order valence-corrected chi connectivity index (χ3v) is 9.76. The van der Waals surface area contributed by atoms with Gasteiger partial charge in [0.25, 0.3) is 0 Å². The van der Waals surface area contributed by atoms with Gasteiger partial charge in [0.05, 0.1) is 22.1 Å². The highest BCUT2D eigenvalue weighted by Crippen LogP contribution is 2.42. The summed E-state index contributed by atoms with van der Waals surface area (Å²) < 4.78 is 4.84. The van der Waals surface area contributed by atoms with Gasteiger partial charge in [0.15, 0.2) is 0 Å². The van der Waals surface area contributed by atoms with Crippen LogP contribution in [0.2, 0.25) is 0 Å². The molecule has 1 aliphatic carbocycles. The van der Waals surface area contributed by atoms with Crippen LogP contribution >= 0.6 is 0 Å². The highest BCUT2D eigenvalue weighted by atomic mass is 15.0. The Bertz CT molecular complexity index is 2580. The fraction of sp³-hybridized carbons (Fsp3) is 0.0233. The fourth-order valence-corrected chi connectivity index (χ4v) is 7.82. The molecule has 0 amide bonds. The van der Waals surface area contributed by atoms with E-state index in [2.05, 4.69) is 167 Å². The Labute approximate surface area is 261 Å². The molecule has 2 aromatic heterocycles. The Morgan fingerprint density at radius 1 is 0.356 bits per heavy atom. The number of rotatable bonds is 3. The van der Waals surface area contributed by atoms with Gasteiger partial charge in [-0.1, -0.05) is 109 Å². The van der Waals surface area contributed by atoms with Gasteiger partial charge >= 0.3 is 0 Å². The maximum Gasteiger partial charge on any atom is 0.0542 e. The van der Waals surface area contributed by atoms with Gasteiger partial charge in [0.1, 0.15) is 0 Å². The molecule has 0 N–H and O–H groups in total. The molecular formula is C43H28N2. The van der Waals surface area contributed by atoms with Crippen molar-refractivity contribution in [3.05, 3.63) is 169 Å². The van der Waals surface area contributed by atoms with Crippen molar-refractivity contribution in [2.75, 3.05) is 0 Å². The first-order chi connectivity index (χ1) is 22.3. The lowest BCUT2D eigenvalue weighted by Gasteiger charge is -2.13. The third-order valence-electron chi connectivity index (χ3n) is 9.76. The summed E-state index contributed by atoms with van der Waals surface area (Å²) in [6.07, 6.45) is 0.979. The van der Waals surface area contributed by atoms with E-state index in [9.17, 15) is 0 Å². The highest BCUT2D eigenvalue weighted by Gasteiger charge is 2.22. The van der Waals surface area contributed by atoms with Gasteiger partial charge in [0.2, 0.25) is 0 Å². The average molecular weight is 573 g/mol. The first-order valence-electron chi connectivity index (χ1n) is 15.7. The van der Waals surface area contributed by atoms with E-state index in [1.807, 2.05) is 0 Å². The van der Waals surface area contributed by atoms with Crippen molar-refractivity contribution in [3.8, 4) is 33.6 Å². The van der Waals surface area contributed by atoms with Crippen LogP contribution < -0.4 is 0 Å². The van der Waals surface area contributed by atoms with Gasteiger partial charge in [0, 0.05) is 32.9 Å². The molecule has 0 fully saturated rings. The van der Waals surface area contributed by atoms with Gasteiger partial charge in [-0.3, -0.25) is 0 Å². The number of nitrogens with zero attached hydrogens (tertiary/aromatic N) is 2. The lowest BCUT2D eigenvalue weighted by atomic mass is 9.95. The maximum absolute atomic E-state index is 2.43. The van der Waals surface area contributed by atoms with E-state index in [0.29, 0.717) is 0 Å². The molecular weight excluding hydrogens is 544 g/mol. The SMILES string of the molecule is c1cc(-c2cccc3c2Cc2ccccc2-3)cc(-n2c3ccccc3c3cc(-n4c5ccccc5c5ccccc54)ccc32)c1. The van der Waals surface area contributed by atoms with E-state index in [4.69, 9.17) is 0 Å². The highest BCUT2D eigenvalue weighted by molar-refractivity contribution is 6.12. The largest absolute Gasteiger partial charge is 0.309 e. The van der Waals surface area contributed by atoms with E-state index < -0.39 is 0 Å². The number of benzene rings is 7. The summed E-state index contributed by atoms with van der Waals surface area (Å²) in [6.45, 7) is 0. The number of hydrogen-bond donors (Lipinski definition) is 0. The van der Waals surface area contributed by atoms with Crippen LogP contribution in [0.1, 0.15) is 11.1 Å². The monoisotopic (exact) mass is 572 g/mol. The molecule has 9 aromatic rings. The molecule has 7 aromatic carbocycles. The van der Waals surface area contributed by atoms with Crippen molar-refractivity contribution in [1.29, 1.82) is 0 Å². The van der Waals surface area contributed by atoms with Crippen molar-refractivity contribution < 1.29 is 0 Å². The minimum Gasteiger partial charge on any atom is -0.309 e. The van der Waals surface area contributed by atoms with Crippen molar-refractivity contribution in [2.24, 2.45) is 0 Å². The van der Waals surface area contributed by atoms with E-state index in [0.717, 1.165) is 6.42 Å². The fourth-order valence-electron chi connectivity index (χ4n) is 7.82. The Kier molecular flexibility index (Phi) is 5.09. The molecule has 2 nitrogen and oxygen atoms in total. The van der Waals surface area contributed by atoms with Crippen LogP contribution in [0.3, 0.4) is 0 Å². The first kappa shape index (κ1) is 24.6. The maximum atomic E-state index is 2.43. The van der Waals surface area contributed by atoms with E-state index in [-0.39, 0.29) is 0 Å². The number of para-hydroxylation sites is 3. The molecule has 0 bridgehead atoms. The molecule has 0 aliphatic heterocycles. The van der Waals surface area contributed by atoms with Gasteiger partial charge in [-0.05, 0) is 88.3 Å². The zero-order valence-corrected chi connectivity index (χ0v) is 24.6. The molecule has 0 radical (unpaired) electrons. The van der Waals surface area contributed by atoms with Crippen LogP contribution in [-0.4, -0.2) is 9.13 Å². The summed E-state index contributed by atoms with van der Waals surface area (Å²) in [6, 6.07) is 57.9. The molecule has 2 heteroatoms. The van der Waals surface area contributed by atoms with Crippen molar-refractivity contribution in [1.82, 2.24) is 9.13 Å². The molecule has 10 rings (SSSR count). The molecule has 0 spiro atoms. The van der Waals surface area contributed by atoms with Gasteiger partial charge in [-0.15, -0.1) is 0 Å². The summed E-state index contributed by atoms with van der Waals surface area (Å²) in [5.74, 6) is 0. The molecule has 0 unspecified atom stereocenters. The minimum absolute atomic E-state index is 0.979. The average Bonchev–Trinajstić information content (AvgIpc) is 3.76. The Morgan fingerprint density at radius 3 is 1.62 bits per heavy atom. The number of fused-ring (bicyclic) bond motifs is 9. The minimum atomic E-state index is 0.979. The Balaban J connectivity index is 1.17. The van der Waals surface area contributed by atoms with Gasteiger partial charge < -0.3 is 9.13 Å². The summed E-state index contributed by atoms with van der Waals surface area (Å²) in [4.78, 5) is 0. The summed E-state index contributed by atoms with van der Waals surface area (Å²) in [5.41, 5.74) is 15.4. The van der Waals surface area contributed by atoms with Crippen molar-refractivity contribution in [2.45, 2.75) is 6.42 Å². The van der Waals surface area contributed by atoms with Crippen LogP contribution in [0.5, 0.6) is 0 Å². The second-order valence-electron chi connectivity index (χ2n) is 12.1. The zero-order valence-electron chi connectivity index (χ0n) is 24.6. The topological polar surface area (TPSA) is 9.86 Å². The van der Waals surface area contributed by atoms with Crippen LogP contribution in [0, 0.1) is 0 Å². The van der Waals surface area contributed by atoms with Crippen LogP contribution in [-0.2, 0) is 6.42 Å². The van der Waals surface area contributed by atoms with E-state index in [1.54, 1.807) is 0 Å². The molecule has 0 saturated heterocycles. The number of aromatic nitrogens is 2. The quantitative estimate of drug-likeness (QED) is 0.199. The predicted molar refractivity (Wildman–Crippen MR) is 189 cm³/mol. The van der Waals surface area contributed by atoms with Crippen LogP contribution in [0.15, 0.2) is 158 Å². The van der Waals surface area contributed by atoms with Crippen LogP contribution in [0.4, 0.5) is 0 Å². The summed E-state index contributed by atoms with van der Waals surface area (Å²) in [7, 11) is 0. The smallest absolute Gasteiger partial charge is 0.0542 e. The Hall–Kier alpha value is -5.86. The summed E-state index contributed by atoms with van der Waals surface area (Å²) >= 11 is 0. The van der Waals surface area contributed by atoms with Gasteiger partial charge in [-0.2, -0.15) is 0 Å². The summed E-state index contributed by atoms with van der Waals surface area (Å²) in [5, 5.41) is 5.08. The van der Waals surface area contributed by atoms with E-state index >= 15 is 0 Å². The van der Waals surface area contributed by atoms with Crippen molar-refractivity contribution >= 4 is 43.6 Å². The normalized spacial score (nSPS) is 12.4. The van der Waals surface area contributed by atoms with Crippen molar-refractivity contribution in [3.63, 3.8) is 0 Å². The first-order valence-corrected chi connectivity index (χ1v) is 15.7. The second-order valence-corrected chi connectivity index (χ2v) is 12.1. The third kappa shape index (κ3) is 3.51. The standard InChI is InChI=1S/C43H28N2/c1-2-14-32-29(11-1)26-38-33(18-10-19-34(32)38)28-12-9-13-30(25-28)44-42-22-8-5-17-37(42)39-27-31(23-24-43(39)44)45-40-20-6-3-15-35(40)36-16-4-7-21-41(36)45/h1-25,27H,26H2. The molecule has 210 valence electrons. The lowest BCUT2D eigenvalue weighted by Crippen LogP contribution is -1.96. The van der Waals surface area contributed by atoms with E-state index in [1.165, 1.54) is 88.4 Å².